The van der Waals surface area contributed by atoms with E-state index in [1.165, 1.54) is 32.1 Å². The Balaban J connectivity index is 2.30. The minimum absolute atomic E-state index is 0.250. The van der Waals surface area contributed by atoms with Gasteiger partial charge in [0, 0.05) is 0 Å². The average Bonchev–Trinajstić information content (AvgIpc) is 2.05. The van der Waals surface area contributed by atoms with E-state index in [0.717, 1.165) is 0 Å². The molecule has 0 radical (unpaired) electrons. The van der Waals surface area contributed by atoms with Gasteiger partial charge in [0.15, 0.2) is 0 Å². The predicted octanol–water partition coefficient (Wildman–Crippen LogP) is 2.11. The minimum atomic E-state index is -0.250. The van der Waals surface area contributed by atoms with Gasteiger partial charge in [0.25, 0.3) is 0 Å². The summed E-state index contributed by atoms with van der Waals surface area (Å²) < 4.78 is 0. The lowest BCUT2D eigenvalue weighted by molar-refractivity contribution is 0.125. The van der Waals surface area contributed by atoms with Crippen molar-refractivity contribution in [2.75, 3.05) is 0 Å². The van der Waals surface area contributed by atoms with E-state index in [1.54, 1.807) is 6.08 Å². The first kappa shape index (κ1) is 7.80. The van der Waals surface area contributed by atoms with Crippen molar-refractivity contribution in [3.8, 4) is 0 Å². The zero-order valence-electron chi connectivity index (χ0n) is 6.42. The molecule has 1 rings (SSSR count). The maximum absolute atomic E-state index is 9.36. The molecule has 0 aromatic rings. The highest BCUT2D eigenvalue weighted by Gasteiger charge is 2.18. The van der Waals surface area contributed by atoms with Gasteiger partial charge in [0.05, 0.1) is 6.10 Å². The summed E-state index contributed by atoms with van der Waals surface area (Å²) in [6, 6.07) is 0. The fraction of sp³-hybridized carbons (Fsp3) is 0.778. The van der Waals surface area contributed by atoms with E-state index in [9.17, 15) is 5.11 Å². The Kier molecular flexibility index (Phi) is 2.94. The molecule has 1 saturated carbocycles. The molecule has 1 aliphatic rings. The SMILES string of the molecule is C=C[C@H](O)C1CCCCC1. The minimum Gasteiger partial charge on any atom is -0.389 e. The predicted molar refractivity (Wildman–Crippen MR) is 42.8 cm³/mol. The van der Waals surface area contributed by atoms with Crippen molar-refractivity contribution in [2.45, 2.75) is 38.2 Å². The molecule has 1 aliphatic carbocycles. The first-order chi connectivity index (χ1) is 4.84. The molecule has 10 heavy (non-hydrogen) atoms. The van der Waals surface area contributed by atoms with Crippen LogP contribution in [0.5, 0.6) is 0 Å². The van der Waals surface area contributed by atoms with Crippen molar-refractivity contribution < 1.29 is 5.11 Å². The third-order valence-electron chi connectivity index (χ3n) is 2.37. The Morgan fingerprint density at radius 2 is 1.90 bits per heavy atom. The third kappa shape index (κ3) is 1.84. The number of hydrogen-bond donors (Lipinski definition) is 1. The molecule has 0 bridgehead atoms. The van der Waals surface area contributed by atoms with Crippen LogP contribution in [-0.2, 0) is 0 Å². The topological polar surface area (TPSA) is 20.2 Å². The van der Waals surface area contributed by atoms with Crippen LogP contribution < -0.4 is 0 Å². The fourth-order valence-corrected chi connectivity index (χ4v) is 1.67. The summed E-state index contributed by atoms with van der Waals surface area (Å²) in [4.78, 5) is 0. The molecule has 1 fully saturated rings. The molecule has 1 heteroatoms. The lowest BCUT2D eigenvalue weighted by Crippen LogP contribution is -2.20. The van der Waals surface area contributed by atoms with E-state index < -0.39 is 0 Å². The van der Waals surface area contributed by atoms with Gasteiger partial charge in [-0.25, -0.2) is 0 Å². The highest BCUT2D eigenvalue weighted by molar-refractivity contribution is 4.85. The molecule has 0 amide bonds. The van der Waals surface area contributed by atoms with Crippen LogP contribution in [0.15, 0.2) is 12.7 Å². The molecule has 0 spiro atoms. The van der Waals surface area contributed by atoms with Crippen LogP contribution in [-0.4, -0.2) is 11.2 Å². The van der Waals surface area contributed by atoms with E-state index in [1.807, 2.05) is 0 Å². The molecule has 0 saturated heterocycles. The zero-order valence-corrected chi connectivity index (χ0v) is 6.42. The quantitative estimate of drug-likeness (QED) is 0.582. The highest BCUT2D eigenvalue weighted by atomic mass is 16.3. The average molecular weight is 140 g/mol. The smallest absolute Gasteiger partial charge is 0.0746 e. The van der Waals surface area contributed by atoms with E-state index in [0.29, 0.717) is 5.92 Å². The molecule has 58 valence electrons. The molecule has 0 heterocycles. The Morgan fingerprint density at radius 3 is 2.40 bits per heavy atom. The summed E-state index contributed by atoms with van der Waals surface area (Å²) >= 11 is 0. The third-order valence-corrected chi connectivity index (χ3v) is 2.37. The summed E-state index contributed by atoms with van der Waals surface area (Å²) in [7, 11) is 0. The van der Waals surface area contributed by atoms with Gasteiger partial charge in [-0.2, -0.15) is 0 Å². The second kappa shape index (κ2) is 3.77. The molecule has 0 aliphatic heterocycles. The van der Waals surface area contributed by atoms with Gasteiger partial charge in [-0.3, -0.25) is 0 Å². The van der Waals surface area contributed by atoms with Crippen LogP contribution in [0.4, 0.5) is 0 Å². The number of aliphatic hydroxyl groups is 1. The van der Waals surface area contributed by atoms with Crippen molar-refractivity contribution in [1.82, 2.24) is 0 Å². The first-order valence-electron chi connectivity index (χ1n) is 4.15. The van der Waals surface area contributed by atoms with Crippen molar-refractivity contribution >= 4 is 0 Å². The monoisotopic (exact) mass is 140 g/mol. The molecular formula is C9H16O. The molecule has 0 aromatic heterocycles. The highest BCUT2D eigenvalue weighted by Crippen LogP contribution is 2.26. The lowest BCUT2D eigenvalue weighted by Gasteiger charge is -2.24. The van der Waals surface area contributed by atoms with Crippen LogP contribution in [0.2, 0.25) is 0 Å². The number of rotatable bonds is 2. The van der Waals surface area contributed by atoms with Crippen molar-refractivity contribution in [2.24, 2.45) is 5.92 Å². The van der Waals surface area contributed by atoms with Crippen LogP contribution >= 0.6 is 0 Å². The van der Waals surface area contributed by atoms with Gasteiger partial charge in [-0.1, -0.05) is 25.3 Å². The zero-order chi connectivity index (χ0) is 7.40. The second-order valence-electron chi connectivity index (χ2n) is 3.12. The lowest BCUT2D eigenvalue weighted by atomic mass is 9.85. The van der Waals surface area contributed by atoms with Gasteiger partial charge in [0.2, 0.25) is 0 Å². The van der Waals surface area contributed by atoms with E-state index in [-0.39, 0.29) is 6.10 Å². The fourth-order valence-electron chi connectivity index (χ4n) is 1.67. The molecule has 1 nitrogen and oxygen atoms in total. The number of hydrogen-bond acceptors (Lipinski definition) is 1. The van der Waals surface area contributed by atoms with E-state index >= 15 is 0 Å². The largest absolute Gasteiger partial charge is 0.389 e. The van der Waals surface area contributed by atoms with Crippen LogP contribution in [0.25, 0.3) is 0 Å². The van der Waals surface area contributed by atoms with Gasteiger partial charge in [0.1, 0.15) is 0 Å². The summed E-state index contributed by atoms with van der Waals surface area (Å²) in [5.41, 5.74) is 0. The summed E-state index contributed by atoms with van der Waals surface area (Å²) in [6.07, 6.45) is 7.71. The molecule has 0 aromatic carbocycles. The van der Waals surface area contributed by atoms with Crippen molar-refractivity contribution in [3.63, 3.8) is 0 Å². The molecule has 1 N–H and O–H groups in total. The van der Waals surface area contributed by atoms with Gasteiger partial charge >= 0.3 is 0 Å². The molecule has 1 atom stereocenters. The van der Waals surface area contributed by atoms with Crippen LogP contribution in [0, 0.1) is 5.92 Å². The van der Waals surface area contributed by atoms with Crippen LogP contribution in [0.3, 0.4) is 0 Å². The molecule has 0 unspecified atom stereocenters. The summed E-state index contributed by atoms with van der Waals surface area (Å²) in [6.45, 7) is 3.59. The Hall–Kier alpha value is -0.300. The van der Waals surface area contributed by atoms with Crippen molar-refractivity contribution in [1.29, 1.82) is 0 Å². The first-order valence-corrected chi connectivity index (χ1v) is 4.15. The van der Waals surface area contributed by atoms with Gasteiger partial charge in [-0.05, 0) is 18.8 Å². The normalized spacial score (nSPS) is 24.1. The second-order valence-corrected chi connectivity index (χ2v) is 3.12. The standard InChI is InChI=1S/C9H16O/c1-2-9(10)8-6-4-3-5-7-8/h2,8-10H,1,3-7H2/t9-/m0/s1. The Bertz CT molecular complexity index is 103. The van der Waals surface area contributed by atoms with Crippen molar-refractivity contribution in [3.05, 3.63) is 12.7 Å². The van der Waals surface area contributed by atoms with E-state index in [2.05, 4.69) is 6.58 Å². The molecular weight excluding hydrogens is 124 g/mol. The maximum atomic E-state index is 9.36. The van der Waals surface area contributed by atoms with E-state index in [4.69, 9.17) is 0 Å². The Morgan fingerprint density at radius 1 is 1.30 bits per heavy atom. The maximum Gasteiger partial charge on any atom is 0.0746 e. The van der Waals surface area contributed by atoms with Gasteiger partial charge < -0.3 is 5.11 Å². The number of aliphatic hydroxyl groups excluding tert-OH is 1. The summed E-state index contributed by atoms with van der Waals surface area (Å²) in [5.74, 6) is 0.506. The summed E-state index contributed by atoms with van der Waals surface area (Å²) in [5, 5.41) is 9.36. The Labute approximate surface area is 62.8 Å². The van der Waals surface area contributed by atoms with Crippen LogP contribution in [0.1, 0.15) is 32.1 Å². The van der Waals surface area contributed by atoms with Gasteiger partial charge in [-0.15, -0.1) is 6.58 Å².